The van der Waals surface area contributed by atoms with E-state index in [9.17, 15) is 40.7 Å². The van der Waals surface area contributed by atoms with E-state index in [0.29, 0.717) is 62.6 Å². The number of amides is 5. The van der Waals surface area contributed by atoms with Crippen LogP contribution in [0.25, 0.3) is 22.9 Å². The fourth-order valence-corrected chi connectivity index (χ4v) is 7.21. The predicted octanol–water partition coefficient (Wildman–Crippen LogP) is 8.47. The highest BCUT2D eigenvalue weighted by molar-refractivity contribution is 5.93. The fourth-order valence-electron chi connectivity index (χ4n) is 7.21. The molecule has 8 rings (SSSR count). The number of carbonyl (C=O) groups excluding carboxylic acids is 3. The standard InChI is InChI=1S/C25H26F3N5O3.C21H20F3N5O2/c1-17(2)22(34)31-12-14-32(15-13-31)24(35)33(20-6-4-3-5-7-20)16-18-8-10-19(11-9-18)21-29-30-23(36-21)25(26,27)28;22-21(23,24)19-27-26-18(31-19)16-8-6-15(7-9-16)14-29(17-4-2-1-3-5-17)20(30)28-12-10-25-11-13-28/h3-11,17H,12-16H2,1-2H3;1-9,25H,10-14H2. The van der Waals surface area contributed by atoms with Gasteiger partial charge in [-0.05, 0) is 59.7 Å². The van der Waals surface area contributed by atoms with Gasteiger partial charge in [-0.2, -0.15) is 26.3 Å². The highest BCUT2D eigenvalue weighted by Crippen LogP contribution is 2.32. The van der Waals surface area contributed by atoms with E-state index in [2.05, 4.69) is 25.7 Å². The van der Waals surface area contributed by atoms with Crippen molar-refractivity contribution in [2.45, 2.75) is 39.3 Å². The quantitative estimate of drug-likeness (QED) is 0.140. The van der Waals surface area contributed by atoms with Crippen molar-refractivity contribution in [3.8, 4) is 22.9 Å². The van der Waals surface area contributed by atoms with Crippen LogP contribution in [0.2, 0.25) is 0 Å². The normalized spacial score (nSPS) is 14.4. The zero-order chi connectivity index (χ0) is 47.7. The number of hydrogen-bond donors (Lipinski definition) is 1. The van der Waals surface area contributed by atoms with E-state index in [1.807, 2.05) is 74.5 Å². The van der Waals surface area contributed by atoms with Gasteiger partial charge in [0.25, 0.3) is 0 Å². The van der Waals surface area contributed by atoms with E-state index in [0.717, 1.165) is 29.9 Å². The zero-order valence-electron chi connectivity index (χ0n) is 36.4. The maximum absolute atomic E-state index is 13.5. The smallest absolute Gasteiger partial charge is 0.413 e. The van der Waals surface area contributed by atoms with Crippen LogP contribution in [0.4, 0.5) is 47.3 Å². The van der Waals surface area contributed by atoms with E-state index in [1.54, 1.807) is 73.0 Å². The van der Waals surface area contributed by atoms with E-state index >= 15 is 0 Å². The minimum Gasteiger partial charge on any atom is -0.413 e. The van der Waals surface area contributed by atoms with Crippen molar-refractivity contribution in [2.75, 3.05) is 62.2 Å². The lowest BCUT2D eigenvalue weighted by Crippen LogP contribution is -2.54. The molecule has 0 aliphatic carbocycles. The highest BCUT2D eigenvalue weighted by atomic mass is 19.4. The molecule has 67 heavy (non-hydrogen) atoms. The average molecular weight is 933 g/mol. The van der Waals surface area contributed by atoms with Crippen LogP contribution in [-0.4, -0.2) is 105 Å². The van der Waals surface area contributed by atoms with E-state index in [4.69, 9.17) is 8.83 Å². The number of anilines is 2. The van der Waals surface area contributed by atoms with Crippen LogP contribution < -0.4 is 15.1 Å². The van der Waals surface area contributed by atoms with Gasteiger partial charge in [-0.3, -0.25) is 14.6 Å². The lowest BCUT2D eigenvalue weighted by Gasteiger charge is -2.38. The Morgan fingerprint density at radius 1 is 0.552 bits per heavy atom. The molecule has 0 radical (unpaired) electrons. The third-order valence-electron chi connectivity index (χ3n) is 10.8. The van der Waals surface area contributed by atoms with Gasteiger partial charge >= 0.3 is 36.2 Å². The van der Waals surface area contributed by atoms with Crippen molar-refractivity contribution in [1.82, 2.24) is 40.4 Å². The molecule has 5 amide bonds. The molecule has 352 valence electrons. The summed E-state index contributed by atoms with van der Waals surface area (Å²) in [6, 6.07) is 31.5. The Hall–Kier alpha value is -7.29. The summed E-state index contributed by atoms with van der Waals surface area (Å²) in [5, 5.41) is 16.3. The molecule has 4 heterocycles. The SMILES string of the molecule is CC(C)C(=O)N1CCN(C(=O)N(Cc2ccc(-c3nnc(C(F)(F)F)o3)cc2)c2ccccc2)CC1.O=C(N1CCNCC1)N(Cc1ccc(-c2nnc(C(F)(F)F)o2)cc1)c1ccccc1. The maximum Gasteiger partial charge on any atom is 0.470 e. The molecular formula is C46H46F6N10O5. The second kappa shape index (κ2) is 20.9. The number of aromatic nitrogens is 4. The van der Waals surface area contributed by atoms with Gasteiger partial charge in [0.2, 0.25) is 17.7 Å². The summed E-state index contributed by atoms with van der Waals surface area (Å²) < 4.78 is 85.7. The summed E-state index contributed by atoms with van der Waals surface area (Å²) in [4.78, 5) is 47.6. The number of urea groups is 2. The molecule has 21 heteroatoms. The fraction of sp³-hybridized carbons (Fsp3) is 0.326. The number of nitrogens with one attached hydrogen (secondary N) is 1. The summed E-state index contributed by atoms with van der Waals surface area (Å²) >= 11 is 0. The van der Waals surface area contributed by atoms with Gasteiger partial charge in [-0.25, -0.2) is 9.59 Å². The number of rotatable bonds is 9. The molecule has 2 aliphatic rings. The molecule has 4 aromatic carbocycles. The Bertz CT molecular complexity index is 2560. The average Bonchev–Trinajstić information content (AvgIpc) is 4.06. The Morgan fingerprint density at radius 3 is 1.28 bits per heavy atom. The molecule has 6 aromatic rings. The van der Waals surface area contributed by atoms with Gasteiger partial charge in [0, 0.05) is 80.8 Å². The zero-order valence-corrected chi connectivity index (χ0v) is 36.4. The number of hydrogen-bond acceptors (Lipinski definition) is 10. The van der Waals surface area contributed by atoms with Crippen LogP contribution in [-0.2, 0) is 30.2 Å². The van der Waals surface area contributed by atoms with Crippen LogP contribution >= 0.6 is 0 Å². The number of para-hydroxylation sites is 2. The van der Waals surface area contributed by atoms with Crippen molar-refractivity contribution in [2.24, 2.45) is 5.92 Å². The first kappa shape index (κ1) is 47.7. The number of piperazine rings is 2. The van der Waals surface area contributed by atoms with Gasteiger partial charge < -0.3 is 28.9 Å². The van der Waals surface area contributed by atoms with Gasteiger partial charge in [0.1, 0.15) is 0 Å². The molecule has 0 unspecified atom stereocenters. The Balaban J connectivity index is 0.000000201. The summed E-state index contributed by atoms with van der Waals surface area (Å²) in [6.45, 7) is 8.81. The first-order chi connectivity index (χ1) is 32.0. The third-order valence-corrected chi connectivity index (χ3v) is 10.8. The lowest BCUT2D eigenvalue weighted by atomic mass is 10.1. The number of nitrogens with zero attached hydrogens (tertiary/aromatic N) is 9. The van der Waals surface area contributed by atoms with E-state index in [1.165, 1.54) is 0 Å². The van der Waals surface area contributed by atoms with Crippen LogP contribution in [0.3, 0.4) is 0 Å². The number of carbonyl (C=O) groups is 3. The topological polar surface area (TPSA) is 157 Å². The summed E-state index contributed by atoms with van der Waals surface area (Å²) in [5.41, 5.74) is 3.75. The van der Waals surface area contributed by atoms with Crippen molar-refractivity contribution >= 4 is 29.3 Å². The van der Waals surface area contributed by atoms with Crippen LogP contribution in [0.1, 0.15) is 36.8 Å². The van der Waals surface area contributed by atoms with Crippen LogP contribution in [0, 0.1) is 5.92 Å². The molecule has 2 aromatic heterocycles. The van der Waals surface area contributed by atoms with Crippen LogP contribution in [0.5, 0.6) is 0 Å². The van der Waals surface area contributed by atoms with Crippen molar-refractivity contribution < 1.29 is 49.6 Å². The minimum absolute atomic E-state index is 0.0747. The van der Waals surface area contributed by atoms with E-state index < -0.39 is 24.1 Å². The van der Waals surface area contributed by atoms with Gasteiger partial charge in [0.05, 0.1) is 13.1 Å². The number of halogens is 6. The predicted molar refractivity (Wildman–Crippen MR) is 233 cm³/mol. The largest absolute Gasteiger partial charge is 0.470 e. The molecular weight excluding hydrogens is 887 g/mol. The Kier molecular flexibility index (Phi) is 14.9. The Morgan fingerprint density at radius 2 is 0.925 bits per heavy atom. The third kappa shape index (κ3) is 12.1. The maximum atomic E-state index is 13.5. The minimum atomic E-state index is -4.71. The number of alkyl halides is 6. The number of benzene rings is 4. The van der Waals surface area contributed by atoms with Crippen molar-refractivity contribution in [1.29, 1.82) is 0 Å². The van der Waals surface area contributed by atoms with Gasteiger partial charge in [0.15, 0.2) is 0 Å². The van der Waals surface area contributed by atoms with Gasteiger partial charge in [-0.15, -0.1) is 20.4 Å². The molecule has 0 spiro atoms. The monoisotopic (exact) mass is 932 g/mol. The molecule has 1 N–H and O–H groups in total. The molecule has 0 atom stereocenters. The second-order valence-electron chi connectivity index (χ2n) is 15.8. The van der Waals surface area contributed by atoms with Crippen molar-refractivity contribution in [3.05, 3.63) is 132 Å². The molecule has 2 aliphatic heterocycles. The first-order valence-corrected chi connectivity index (χ1v) is 21.3. The molecule has 0 bridgehead atoms. The van der Waals surface area contributed by atoms with Crippen molar-refractivity contribution in [3.63, 3.8) is 0 Å². The second-order valence-corrected chi connectivity index (χ2v) is 15.8. The molecule has 15 nitrogen and oxygen atoms in total. The molecule has 0 saturated carbocycles. The summed E-state index contributed by atoms with van der Waals surface area (Å²) in [6.07, 6.45) is -9.40. The molecule has 2 saturated heterocycles. The highest BCUT2D eigenvalue weighted by Gasteiger charge is 2.39. The summed E-state index contributed by atoms with van der Waals surface area (Å²) in [7, 11) is 0. The Labute approximate surface area is 381 Å². The first-order valence-electron chi connectivity index (χ1n) is 21.3. The lowest BCUT2D eigenvalue weighted by molar-refractivity contribution is -0.157. The summed E-state index contributed by atoms with van der Waals surface area (Å²) in [5.74, 6) is -3.26. The van der Waals surface area contributed by atoms with E-state index in [-0.39, 0.29) is 42.2 Å². The van der Waals surface area contributed by atoms with Crippen LogP contribution in [0.15, 0.2) is 118 Å². The van der Waals surface area contributed by atoms with Gasteiger partial charge in [-0.1, -0.05) is 74.5 Å². The molecule has 2 fully saturated rings.